The standard InChI is InChI=1S/C15H19BrClNO3/c1-9-8-20-13-10(5-11(16)6-12(13)17)7-18(9)14(19)21-15(2,3)4/h5-6,9H,7-8H2,1-4H3/t9-/m1/s1. The fraction of sp³-hybridized carbons (Fsp3) is 0.533. The second-order valence-corrected chi connectivity index (χ2v) is 7.47. The molecule has 0 fully saturated rings. The highest BCUT2D eigenvalue weighted by Gasteiger charge is 2.30. The molecule has 1 aliphatic rings. The summed E-state index contributed by atoms with van der Waals surface area (Å²) < 4.78 is 12.1. The van der Waals surface area contributed by atoms with E-state index in [1.54, 1.807) is 11.0 Å². The van der Waals surface area contributed by atoms with E-state index >= 15 is 0 Å². The summed E-state index contributed by atoms with van der Waals surface area (Å²) in [5, 5.41) is 0.539. The summed E-state index contributed by atoms with van der Waals surface area (Å²) in [7, 11) is 0. The molecule has 0 unspecified atom stereocenters. The van der Waals surface area contributed by atoms with Gasteiger partial charge in [0, 0.05) is 10.0 Å². The molecule has 4 nitrogen and oxygen atoms in total. The van der Waals surface area contributed by atoms with E-state index in [1.165, 1.54) is 0 Å². The van der Waals surface area contributed by atoms with Crippen LogP contribution in [0, 0.1) is 0 Å². The Bertz CT molecular complexity index is 557. The summed E-state index contributed by atoms with van der Waals surface area (Å²) in [6.45, 7) is 8.28. The molecule has 0 N–H and O–H groups in total. The van der Waals surface area contributed by atoms with Crippen molar-refractivity contribution in [1.29, 1.82) is 0 Å². The molecule has 0 saturated carbocycles. The minimum Gasteiger partial charge on any atom is -0.490 e. The van der Waals surface area contributed by atoms with Gasteiger partial charge in [0.05, 0.1) is 17.6 Å². The average Bonchev–Trinajstić information content (AvgIpc) is 2.47. The summed E-state index contributed by atoms with van der Waals surface area (Å²) in [6, 6.07) is 3.60. The van der Waals surface area contributed by atoms with Gasteiger partial charge in [0.1, 0.15) is 18.0 Å². The van der Waals surface area contributed by atoms with Gasteiger partial charge >= 0.3 is 6.09 Å². The molecule has 1 aromatic carbocycles. The van der Waals surface area contributed by atoms with E-state index < -0.39 is 5.60 Å². The van der Waals surface area contributed by atoms with Crippen molar-refractivity contribution in [2.45, 2.75) is 45.9 Å². The number of amides is 1. The zero-order valence-corrected chi connectivity index (χ0v) is 14.9. The molecular weight excluding hydrogens is 358 g/mol. The van der Waals surface area contributed by atoms with E-state index in [2.05, 4.69) is 15.9 Å². The van der Waals surface area contributed by atoms with Crippen molar-refractivity contribution in [2.75, 3.05) is 6.61 Å². The highest BCUT2D eigenvalue weighted by molar-refractivity contribution is 9.10. The Labute approximate surface area is 138 Å². The molecule has 1 heterocycles. The lowest BCUT2D eigenvalue weighted by atomic mass is 10.2. The first kappa shape index (κ1) is 16.4. The van der Waals surface area contributed by atoms with Gasteiger partial charge < -0.3 is 9.47 Å². The summed E-state index contributed by atoms with van der Waals surface area (Å²) >= 11 is 9.62. The van der Waals surface area contributed by atoms with Gasteiger partial charge in [0.15, 0.2) is 0 Å². The Morgan fingerprint density at radius 1 is 1.48 bits per heavy atom. The summed E-state index contributed by atoms with van der Waals surface area (Å²) in [5.74, 6) is 0.637. The third-order valence-electron chi connectivity index (χ3n) is 3.05. The minimum atomic E-state index is -0.526. The normalized spacial score (nSPS) is 18.6. The number of halogens is 2. The second kappa shape index (κ2) is 6.05. The number of hydrogen-bond acceptors (Lipinski definition) is 3. The molecule has 0 spiro atoms. The Morgan fingerprint density at radius 2 is 2.14 bits per heavy atom. The van der Waals surface area contributed by atoms with Gasteiger partial charge in [-0.25, -0.2) is 4.79 Å². The fourth-order valence-corrected chi connectivity index (χ4v) is 3.02. The van der Waals surface area contributed by atoms with Crippen LogP contribution >= 0.6 is 27.5 Å². The number of fused-ring (bicyclic) bond motifs is 1. The Hall–Kier alpha value is -0.940. The first-order valence-corrected chi connectivity index (χ1v) is 7.95. The van der Waals surface area contributed by atoms with Crippen LogP contribution in [-0.2, 0) is 11.3 Å². The lowest BCUT2D eigenvalue weighted by Gasteiger charge is -2.29. The second-order valence-electron chi connectivity index (χ2n) is 6.14. The number of nitrogens with zero attached hydrogens (tertiary/aromatic N) is 1. The Kier molecular flexibility index (Phi) is 4.73. The number of benzene rings is 1. The quantitative estimate of drug-likeness (QED) is 0.663. The van der Waals surface area contributed by atoms with Crippen molar-refractivity contribution in [3.05, 3.63) is 27.2 Å². The maximum absolute atomic E-state index is 12.4. The van der Waals surface area contributed by atoms with Crippen molar-refractivity contribution in [3.63, 3.8) is 0 Å². The summed E-state index contributed by atoms with van der Waals surface area (Å²) in [5.41, 5.74) is 0.339. The lowest BCUT2D eigenvalue weighted by Crippen LogP contribution is -2.42. The molecule has 116 valence electrons. The topological polar surface area (TPSA) is 38.8 Å². The van der Waals surface area contributed by atoms with Crippen molar-refractivity contribution in [1.82, 2.24) is 4.90 Å². The molecule has 21 heavy (non-hydrogen) atoms. The number of ether oxygens (including phenoxy) is 2. The number of rotatable bonds is 0. The highest BCUT2D eigenvalue weighted by atomic mass is 79.9. The van der Waals surface area contributed by atoms with E-state index in [9.17, 15) is 4.79 Å². The molecule has 1 aliphatic heterocycles. The SMILES string of the molecule is C[C@@H]1COc2c(Cl)cc(Br)cc2CN1C(=O)OC(C)(C)C. The average molecular weight is 377 g/mol. The van der Waals surface area contributed by atoms with Crippen LogP contribution in [0.15, 0.2) is 16.6 Å². The Balaban J connectivity index is 2.29. The van der Waals surface area contributed by atoms with Gasteiger partial charge in [-0.05, 0) is 39.8 Å². The predicted molar refractivity (Wildman–Crippen MR) is 85.9 cm³/mol. The zero-order valence-electron chi connectivity index (χ0n) is 12.6. The Morgan fingerprint density at radius 3 is 2.76 bits per heavy atom. The van der Waals surface area contributed by atoms with Gasteiger partial charge in [-0.2, -0.15) is 0 Å². The van der Waals surface area contributed by atoms with Gasteiger partial charge in [-0.1, -0.05) is 27.5 Å². The molecule has 6 heteroatoms. The molecule has 1 aromatic rings. The van der Waals surface area contributed by atoms with Crippen molar-refractivity contribution in [2.24, 2.45) is 0 Å². The van der Waals surface area contributed by atoms with E-state index in [1.807, 2.05) is 33.8 Å². The van der Waals surface area contributed by atoms with Gasteiger partial charge in [0.2, 0.25) is 0 Å². The summed E-state index contributed by atoms with van der Waals surface area (Å²) in [4.78, 5) is 14.0. The smallest absolute Gasteiger partial charge is 0.410 e. The van der Waals surface area contributed by atoms with Crippen LogP contribution in [0.2, 0.25) is 5.02 Å². The molecule has 2 rings (SSSR count). The molecule has 0 aromatic heterocycles. The zero-order chi connectivity index (χ0) is 15.8. The van der Waals surface area contributed by atoms with E-state index in [0.717, 1.165) is 10.0 Å². The number of hydrogen-bond donors (Lipinski definition) is 0. The molecule has 1 atom stereocenters. The van der Waals surface area contributed by atoms with E-state index in [4.69, 9.17) is 21.1 Å². The summed E-state index contributed by atoms with van der Waals surface area (Å²) in [6.07, 6.45) is -0.345. The number of carbonyl (C=O) groups excluding carboxylic acids is 1. The molecule has 0 aliphatic carbocycles. The molecule has 0 saturated heterocycles. The molecular formula is C15H19BrClNO3. The molecule has 1 amide bonds. The van der Waals surface area contributed by atoms with Crippen molar-refractivity contribution < 1.29 is 14.3 Å². The van der Waals surface area contributed by atoms with Crippen LogP contribution in [0.3, 0.4) is 0 Å². The van der Waals surface area contributed by atoms with Crippen LogP contribution in [0.4, 0.5) is 4.79 Å². The van der Waals surface area contributed by atoms with Crippen molar-refractivity contribution in [3.8, 4) is 5.75 Å². The molecule has 0 bridgehead atoms. The predicted octanol–water partition coefficient (Wildman–Crippen LogP) is 4.62. The highest BCUT2D eigenvalue weighted by Crippen LogP contribution is 2.35. The number of carbonyl (C=O) groups is 1. The first-order chi connectivity index (χ1) is 9.67. The van der Waals surface area contributed by atoms with Crippen LogP contribution in [-0.4, -0.2) is 29.2 Å². The maximum atomic E-state index is 12.4. The monoisotopic (exact) mass is 375 g/mol. The van der Waals surface area contributed by atoms with Crippen LogP contribution in [0.5, 0.6) is 5.75 Å². The van der Waals surface area contributed by atoms with Gasteiger partial charge in [0.25, 0.3) is 0 Å². The van der Waals surface area contributed by atoms with Gasteiger partial charge in [-0.15, -0.1) is 0 Å². The van der Waals surface area contributed by atoms with E-state index in [-0.39, 0.29) is 12.1 Å². The van der Waals surface area contributed by atoms with E-state index in [0.29, 0.717) is 23.9 Å². The molecule has 0 radical (unpaired) electrons. The van der Waals surface area contributed by atoms with Crippen LogP contribution < -0.4 is 4.74 Å². The van der Waals surface area contributed by atoms with Crippen LogP contribution in [0.25, 0.3) is 0 Å². The third-order valence-corrected chi connectivity index (χ3v) is 3.79. The largest absolute Gasteiger partial charge is 0.490 e. The van der Waals surface area contributed by atoms with Gasteiger partial charge in [-0.3, -0.25) is 4.90 Å². The lowest BCUT2D eigenvalue weighted by molar-refractivity contribution is 0.0133. The third kappa shape index (κ3) is 4.04. The minimum absolute atomic E-state index is 0.0953. The maximum Gasteiger partial charge on any atom is 0.410 e. The first-order valence-electron chi connectivity index (χ1n) is 6.78. The van der Waals surface area contributed by atoms with Crippen LogP contribution in [0.1, 0.15) is 33.3 Å². The van der Waals surface area contributed by atoms with Crippen molar-refractivity contribution >= 4 is 33.6 Å². The fourth-order valence-electron chi connectivity index (χ4n) is 2.09.